The van der Waals surface area contributed by atoms with E-state index in [4.69, 9.17) is 27.7 Å². The number of aryl methyl sites for hydroxylation is 2. The summed E-state index contributed by atoms with van der Waals surface area (Å²) in [6.07, 6.45) is 2.33. The third-order valence-electron chi connectivity index (χ3n) is 4.28. The number of carbonyl (C=O) groups is 1. The van der Waals surface area contributed by atoms with Gasteiger partial charge in [0.25, 0.3) is 5.91 Å². The van der Waals surface area contributed by atoms with Gasteiger partial charge in [-0.1, -0.05) is 34.4 Å². The van der Waals surface area contributed by atoms with Crippen molar-refractivity contribution in [3.8, 4) is 0 Å². The van der Waals surface area contributed by atoms with Gasteiger partial charge in [0, 0.05) is 13.1 Å². The Kier molecular flexibility index (Phi) is 4.78. The highest BCUT2D eigenvalue weighted by Crippen LogP contribution is 2.27. The van der Waals surface area contributed by atoms with E-state index in [2.05, 4.69) is 20.4 Å². The minimum atomic E-state index is -0.403. The number of hydrogen-bond acceptors (Lipinski definition) is 5. The van der Waals surface area contributed by atoms with Crippen LogP contribution >= 0.6 is 23.2 Å². The van der Waals surface area contributed by atoms with Crippen molar-refractivity contribution in [2.24, 2.45) is 0 Å². The van der Waals surface area contributed by atoms with Crippen LogP contribution in [0.4, 0.5) is 5.69 Å². The van der Waals surface area contributed by atoms with Crippen LogP contribution < -0.4 is 5.32 Å². The van der Waals surface area contributed by atoms with E-state index in [1.54, 1.807) is 31.2 Å². The number of amides is 1. The van der Waals surface area contributed by atoms with E-state index in [0.29, 0.717) is 29.5 Å². The third kappa shape index (κ3) is 3.34. The molecule has 0 aliphatic heterocycles. The number of rotatable bonds is 4. The van der Waals surface area contributed by atoms with Crippen LogP contribution in [0, 0.1) is 13.8 Å². The second-order valence-electron chi connectivity index (χ2n) is 6.22. The summed E-state index contributed by atoms with van der Waals surface area (Å²) in [5, 5.41) is 7.36. The normalized spacial score (nSPS) is 11.1. The summed E-state index contributed by atoms with van der Waals surface area (Å²) in [5.74, 6) is 0.672. The Morgan fingerprint density at radius 1 is 1.14 bits per heavy atom. The summed E-state index contributed by atoms with van der Waals surface area (Å²) in [6, 6.07) is 8.52. The fourth-order valence-electron chi connectivity index (χ4n) is 3.00. The lowest BCUT2D eigenvalue weighted by atomic mass is 10.2. The molecular weight excluding hydrogens is 401 g/mol. The number of fused-ring (bicyclic) bond motifs is 1. The van der Waals surface area contributed by atoms with Crippen molar-refractivity contribution < 1.29 is 9.32 Å². The predicted molar refractivity (Wildman–Crippen MR) is 106 cm³/mol. The Morgan fingerprint density at radius 3 is 2.57 bits per heavy atom. The summed E-state index contributed by atoms with van der Waals surface area (Å²) in [5.41, 5.74) is 3.08. The molecule has 4 aromatic rings. The van der Waals surface area contributed by atoms with Gasteiger partial charge in [-0.2, -0.15) is 4.98 Å². The molecule has 0 bridgehead atoms. The fraction of sp³-hybridized carbons (Fsp3) is 0.158. The molecule has 0 radical (unpaired) electrons. The molecule has 7 nitrogen and oxygen atoms in total. The Labute approximate surface area is 170 Å². The lowest BCUT2D eigenvalue weighted by Gasteiger charge is -2.09. The van der Waals surface area contributed by atoms with Crippen LogP contribution in [0.5, 0.6) is 0 Å². The number of imidazole rings is 1. The maximum absolute atomic E-state index is 12.7. The summed E-state index contributed by atoms with van der Waals surface area (Å²) >= 11 is 12.3. The van der Waals surface area contributed by atoms with Crippen molar-refractivity contribution in [1.29, 1.82) is 0 Å². The Balaban J connectivity index is 1.71. The van der Waals surface area contributed by atoms with Gasteiger partial charge in [-0.25, -0.2) is 4.98 Å². The quantitative estimate of drug-likeness (QED) is 0.530. The zero-order valence-corrected chi connectivity index (χ0v) is 16.5. The number of aromatic nitrogens is 4. The highest BCUT2D eigenvalue weighted by Gasteiger charge is 2.18. The summed E-state index contributed by atoms with van der Waals surface area (Å²) in [7, 11) is 0. The van der Waals surface area contributed by atoms with Crippen molar-refractivity contribution in [1.82, 2.24) is 19.5 Å². The van der Waals surface area contributed by atoms with E-state index in [1.807, 2.05) is 23.6 Å². The number of pyridine rings is 1. The number of hydrogen-bond donors (Lipinski definition) is 1. The van der Waals surface area contributed by atoms with Gasteiger partial charge in [0.15, 0.2) is 11.5 Å². The second-order valence-corrected chi connectivity index (χ2v) is 7.03. The van der Waals surface area contributed by atoms with Crippen LogP contribution in [-0.2, 0) is 6.42 Å². The number of halogens is 2. The highest BCUT2D eigenvalue weighted by atomic mass is 35.5. The zero-order chi connectivity index (χ0) is 19.8. The second kappa shape index (κ2) is 7.26. The largest absolute Gasteiger partial charge is 0.340 e. The number of benzene rings is 1. The van der Waals surface area contributed by atoms with Crippen LogP contribution in [0.2, 0.25) is 10.0 Å². The van der Waals surface area contributed by atoms with E-state index in [0.717, 1.165) is 11.4 Å². The van der Waals surface area contributed by atoms with Crippen LogP contribution in [0.15, 0.2) is 41.1 Å². The Bertz CT molecular complexity index is 1180. The van der Waals surface area contributed by atoms with Crippen molar-refractivity contribution in [3.05, 3.63) is 75.2 Å². The first-order chi connectivity index (χ1) is 13.4. The summed E-state index contributed by atoms with van der Waals surface area (Å²) < 4.78 is 6.93. The maximum Gasteiger partial charge on any atom is 0.258 e. The molecule has 0 aliphatic carbocycles. The van der Waals surface area contributed by atoms with Gasteiger partial charge in [-0.05, 0) is 31.2 Å². The fourth-order valence-corrected chi connectivity index (χ4v) is 3.57. The molecule has 3 aromatic heterocycles. The van der Waals surface area contributed by atoms with E-state index < -0.39 is 5.91 Å². The lowest BCUT2D eigenvalue weighted by molar-refractivity contribution is 0.102. The molecule has 142 valence electrons. The van der Waals surface area contributed by atoms with Crippen molar-refractivity contribution >= 4 is 40.4 Å². The molecule has 0 fully saturated rings. The molecule has 0 spiro atoms. The first-order valence-corrected chi connectivity index (χ1v) is 9.20. The topological polar surface area (TPSA) is 85.3 Å². The molecule has 0 aliphatic rings. The Hall–Kier alpha value is -2.90. The minimum absolute atomic E-state index is 0.221. The number of anilines is 1. The van der Waals surface area contributed by atoms with Gasteiger partial charge < -0.3 is 14.2 Å². The highest BCUT2D eigenvalue weighted by molar-refractivity contribution is 6.40. The summed E-state index contributed by atoms with van der Waals surface area (Å²) in [4.78, 5) is 21.6. The maximum atomic E-state index is 12.7. The van der Waals surface area contributed by atoms with Crippen molar-refractivity contribution in [3.63, 3.8) is 0 Å². The Morgan fingerprint density at radius 2 is 1.89 bits per heavy atom. The molecule has 4 rings (SSSR count). The van der Waals surface area contributed by atoms with E-state index >= 15 is 0 Å². The molecule has 0 saturated carbocycles. The van der Waals surface area contributed by atoms with Gasteiger partial charge in [-0.15, -0.1) is 0 Å². The molecule has 9 heteroatoms. The van der Waals surface area contributed by atoms with Gasteiger partial charge in [-0.3, -0.25) is 4.79 Å². The van der Waals surface area contributed by atoms with Gasteiger partial charge in [0.1, 0.15) is 0 Å². The van der Waals surface area contributed by atoms with Crippen LogP contribution in [-0.4, -0.2) is 25.4 Å². The van der Waals surface area contributed by atoms with Crippen LogP contribution in [0.3, 0.4) is 0 Å². The molecule has 0 saturated heterocycles. The molecule has 3 heterocycles. The van der Waals surface area contributed by atoms with Gasteiger partial charge in [0.2, 0.25) is 5.89 Å². The van der Waals surface area contributed by atoms with E-state index in [-0.39, 0.29) is 15.6 Å². The lowest BCUT2D eigenvalue weighted by Crippen LogP contribution is -2.14. The van der Waals surface area contributed by atoms with Crippen molar-refractivity contribution in [2.75, 3.05) is 5.32 Å². The smallest absolute Gasteiger partial charge is 0.258 e. The zero-order valence-electron chi connectivity index (χ0n) is 15.0. The molecule has 1 amide bonds. The van der Waals surface area contributed by atoms with Gasteiger partial charge in [0.05, 0.1) is 39.1 Å². The average molecular weight is 416 g/mol. The average Bonchev–Trinajstić information content (AvgIpc) is 3.19. The molecule has 1 N–H and O–H groups in total. The predicted octanol–water partition coefficient (Wildman–Crippen LogP) is 4.48. The molecule has 1 aromatic carbocycles. The molecule has 0 unspecified atom stereocenters. The van der Waals surface area contributed by atoms with Gasteiger partial charge >= 0.3 is 0 Å². The number of nitrogens with zero attached hydrogens (tertiary/aromatic N) is 4. The SMILES string of the molecule is Cc1nc(Cc2c(C)nc3c(NC(=O)c4c(Cl)cccc4Cl)cccn23)no1. The molecule has 28 heavy (non-hydrogen) atoms. The van der Waals surface area contributed by atoms with Crippen molar-refractivity contribution in [2.45, 2.75) is 20.3 Å². The van der Waals surface area contributed by atoms with E-state index in [9.17, 15) is 4.79 Å². The molecule has 0 atom stereocenters. The number of nitrogens with one attached hydrogen (secondary N) is 1. The van der Waals surface area contributed by atoms with E-state index in [1.165, 1.54) is 0 Å². The summed E-state index contributed by atoms with van der Waals surface area (Å²) in [6.45, 7) is 3.64. The van der Waals surface area contributed by atoms with Crippen LogP contribution in [0.1, 0.15) is 33.5 Å². The minimum Gasteiger partial charge on any atom is -0.340 e. The van der Waals surface area contributed by atoms with Crippen LogP contribution in [0.25, 0.3) is 5.65 Å². The molecular formula is C19H15Cl2N5O2. The third-order valence-corrected chi connectivity index (χ3v) is 4.91. The first kappa shape index (κ1) is 18.5. The standard InChI is InChI=1S/C19H15Cl2N5O2/c1-10-15(9-16-23-11(2)28-25-16)26-8-4-7-14(18(26)22-10)24-19(27)17-12(20)5-3-6-13(17)21/h3-8H,9H2,1-2H3,(H,24,27). The monoisotopic (exact) mass is 415 g/mol. The first-order valence-electron chi connectivity index (χ1n) is 8.45. The number of carbonyl (C=O) groups excluding carboxylic acids is 1.